The van der Waals surface area contributed by atoms with Crippen molar-refractivity contribution in [2.24, 2.45) is 0 Å². The third kappa shape index (κ3) is 3.65. The highest BCUT2D eigenvalue weighted by Crippen LogP contribution is 2.16. The second-order valence-corrected chi connectivity index (χ2v) is 5.84. The largest absolute Gasteiger partial charge is 0.368 e. The van der Waals surface area contributed by atoms with E-state index in [2.05, 4.69) is 5.32 Å². The van der Waals surface area contributed by atoms with E-state index in [0.29, 0.717) is 12.4 Å². The molecule has 1 aromatic carbocycles. The van der Waals surface area contributed by atoms with Crippen LogP contribution in [0.4, 0.5) is 5.69 Å². The van der Waals surface area contributed by atoms with Gasteiger partial charge in [-0.05, 0) is 30.5 Å². The Morgan fingerprint density at radius 1 is 1.56 bits per heavy atom. The van der Waals surface area contributed by atoms with Gasteiger partial charge in [-0.2, -0.15) is 0 Å². The minimum Gasteiger partial charge on any atom is -0.368 e. The molecule has 0 aliphatic carbocycles. The fourth-order valence-electron chi connectivity index (χ4n) is 1.98. The minimum atomic E-state index is -0.877. The molecule has 98 valence electrons. The van der Waals surface area contributed by atoms with Crippen LogP contribution < -0.4 is 5.32 Å². The first kappa shape index (κ1) is 13.2. The molecule has 4 nitrogen and oxygen atoms in total. The van der Waals surface area contributed by atoms with Gasteiger partial charge in [0.15, 0.2) is 0 Å². The zero-order chi connectivity index (χ0) is 13.0. The summed E-state index contributed by atoms with van der Waals surface area (Å²) in [6.45, 7) is 0.660. The summed E-state index contributed by atoms with van der Waals surface area (Å²) < 4.78 is 16.5. The first-order valence-corrected chi connectivity index (χ1v) is 7.69. The van der Waals surface area contributed by atoms with Crippen molar-refractivity contribution in [2.75, 3.05) is 18.2 Å². The van der Waals surface area contributed by atoms with Gasteiger partial charge in [0.2, 0.25) is 0 Å². The molecule has 0 saturated carbocycles. The molecule has 18 heavy (non-hydrogen) atoms. The van der Waals surface area contributed by atoms with Crippen molar-refractivity contribution in [1.29, 1.82) is 0 Å². The van der Waals surface area contributed by atoms with E-state index in [-0.39, 0.29) is 12.0 Å². The third-order valence-corrected chi connectivity index (χ3v) is 3.53. The molecule has 1 amide bonds. The van der Waals surface area contributed by atoms with Gasteiger partial charge in [0.25, 0.3) is 5.91 Å². The van der Waals surface area contributed by atoms with E-state index in [9.17, 15) is 9.00 Å². The molecule has 1 fully saturated rings. The fourth-order valence-corrected chi connectivity index (χ4v) is 2.63. The molecule has 1 aromatic rings. The summed E-state index contributed by atoms with van der Waals surface area (Å²) in [5, 5.41) is 2.83. The number of carbonyl (C=O) groups is 1. The van der Waals surface area contributed by atoms with Crippen LogP contribution in [0.3, 0.4) is 0 Å². The summed E-state index contributed by atoms with van der Waals surface area (Å²) in [6.07, 6.45) is 3.06. The molecule has 0 radical (unpaired) electrons. The molecular weight excluding hydrogens is 250 g/mol. The normalized spacial score (nSPS) is 20.6. The number of anilines is 1. The van der Waals surface area contributed by atoms with Crippen molar-refractivity contribution < 1.29 is 13.7 Å². The van der Waals surface area contributed by atoms with Crippen LogP contribution in [0, 0.1) is 0 Å². The first-order chi connectivity index (χ1) is 8.65. The third-order valence-electron chi connectivity index (χ3n) is 2.79. The number of benzene rings is 1. The summed E-state index contributed by atoms with van der Waals surface area (Å²) in [4.78, 5) is 11.9. The lowest BCUT2D eigenvalue weighted by Crippen LogP contribution is -2.26. The van der Waals surface area contributed by atoms with Crippen molar-refractivity contribution in [3.8, 4) is 0 Å². The number of ether oxygens (including phenoxy) is 1. The van der Waals surface area contributed by atoms with Gasteiger partial charge in [-0.15, -0.1) is 0 Å². The van der Waals surface area contributed by atoms with Crippen LogP contribution in [0.25, 0.3) is 0 Å². The molecular formula is C13H17NO3S. The van der Waals surface area contributed by atoms with Crippen LogP contribution >= 0.6 is 0 Å². The zero-order valence-electron chi connectivity index (χ0n) is 10.3. The van der Waals surface area contributed by atoms with E-state index >= 15 is 0 Å². The summed E-state index contributed by atoms with van der Waals surface area (Å²) in [6, 6.07) is 7.44. The Hall–Kier alpha value is -1.20. The summed E-state index contributed by atoms with van der Waals surface area (Å²) >= 11 is 0. The molecule has 1 saturated heterocycles. The molecule has 1 heterocycles. The average molecular weight is 267 g/mol. The number of hydrogen-bond donors (Lipinski definition) is 1. The fraction of sp³-hybridized carbons (Fsp3) is 0.462. The van der Waals surface area contributed by atoms with Crippen molar-refractivity contribution in [3.63, 3.8) is 0 Å². The van der Waals surface area contributed by atoms with Gasteiger partial charge in [-0.3, -0.25) is 9.00 Å². The van der Waals surface area contributed by atoms with Crippen molar-refractivity contribution in [2.45, 2.75) is 24.7 Å². The van der Waals surface area contributed by atoms with Gasteiger partial charge in [0.1, 0.15) is 6.10 Å². The summed E-state index contributed by atoms with van der Waals surface area (Å²) in [5.41, 5.74) is 1.69. The van der Waals surface area contributed by atoms with E-state index < -0.39 is 10.8 Å². The Morgan fingerprint density at radius 2 is 2.39 bits per heavy atom. The lowest BCUT2D eigenvalue weighted by atomic mass is 10.2. The van der Waals surface area contributed by atoms with Crippen LogP contribution in [-0.2, 0) is 26.1 Å². The molecule has 5 heteroatoms. The number of nitrogens with one attached hydrogen (secondary N) is 1. The van der Waals surface area contributed by atoms with Crippen LogP contribution in [-0.4, -0.2) is 29.1 Å². The van der Waals surface area contributed by atoms with Crippen molar-refractivity contribution in [3.05, 3.63) is 29.8 Å². The minimum absolute atomic E-state index is 0.0951. The van der Waals surface area contributed by atoms with Gasteiger partial charge in [0, 0.05) is 35.1 Å². The maximum absolute atomic E-state index is 11.9. The maximum Gasteiger partial charge on any atom is 0.253 e. The molecule has 0 spiro atoms. The quantitative estimate of drug-likeness (QED) is 0.903. The van der Waals surface area contributed by atoms with E-state index in [0.717, 1.165) is 24.1 Å². The van der Waals surface area contributed by atoms with Gasteiger partial charge >= 0.3 is 0 Å². The number of carbonyl (C=O) groups excluding carboxylic acids is 1. The predicted molar refractivity (Wildman–Crippen MR) is 71.8 cm³/mol. The molecule has 0 bridgehead atoms. The molecule has 0 aromatic heterocycles. The predicted octanol–water partition coefficient (Wildman–Crippen LogP) is 1.68. The highest BCUT2D eigenvalue weighted by molar-refractivity contribution is 7.83. The smallest absolute Gasteiger partial charge is 0.253 e. The van der Waals surface area contributed by atoms with Gasteiger partial charge in [-0.25, -0.2) is 0 Å². The average Bonchev–Trinajstić information content (AvgIpc) is 2.81. The lowest BCUT2D eigenvalue weighted by Gasteiger charge is -2.11. The van der Waals surface area contributed by atoms with Gasteiger partial charge in [0.05, 0.1) is 0 Å². The van der Waals surface area contributed by atoms with Crippen LogP contribution in [0.1, 0.15) is 18.4 Å². The number of amides is 1. The highest BCUT2D eigenvalue weighted by atomic mass is 32.2. The molecule has 2 atom stereocenters. The Balaban J connectivity index is 2.00. The molecule has 1 aliphatic heterocycles. The van der Waals surface area contributed by atoms with E-state index in [4.69, 9.17) is 4.74 Å². The summed E-state index contributed by atoms with van der Waals surface area (Å²) in [5.74, 6) is 0.408. The standard InChI is InChI=1S/C13H17NO3S/c1-18(16)9-10-4-2-5-11(8-10)14-13(15)12-6-3-7-17-12/h2,4-5,8,12H,3,6-7,9H2,1H3,(H,14,15)/t12-,18+/m0/s1. The lowest BCUT2D eigenvalue weighted by molar-refractivity contribution is -0.124. The highest BCUT2D eigenvalue weighted by Gasteiger charge is 2.23. The monoisotopic (exact) mass is 267 g/mol. The SMILES string of the molecule is C[S@@](=O)Cc1cccc(NC(=O)[C@@H]2CCCO2)c1. The van der Waals surface area contributed by atoms with Crippen LogP contribution in [0.5, 0.6) is 0 Å². The Kier molecular flexibility index (Phi) is 4.49. The van der Waals surface area contributed by atoms with Crippen molar-refractivity contribution >= 4 is 22.4 Å². The van der Waals surface area contributed by atoms with Gasteiger partial charge in [-0.1, -0.05) is 12.1 Å². The van der Waals surface area contributed by atoms with E-state index in [1.54, 1.807) is 6.26 Å². The molecule has 0 unspecified atom stereocenters. The van der Waals surface area contributed by atoms with Crippen LogP contribution in [0.15, 0.2) is 24.3 Å². The molecule has 1 aliphatic rings. The van der Waals surface area contributed by atoms with Gasteiger partial charge < -0.3 is 10.1 Å². The Labute approximate surface area is 109 Å². The zero-order valence-corrected chi connectivity index (χ0v) is 11.2. The second kappa shape index (κ2) is 6.11. The molecule has 1 N–H and O–H groups in total. The number of rotatable bonds is 4. The van der Waals surface area contributed by atoms with E-state index in [1.165, 1.54) is 0 Å². The number of hydrogen-bond acceptors (Lipinski definition) is 3. The topological polar surface area (TPSA) is 55.4 Å². The first-order valence-electron chi connectivity index (χ1n) is 5.96. The van der Waals surface area contributed by atoms with Crippen molar-refractivity contribution in [1.82, 2.24) is 0 Å². The Bertz CT molecular complexity index is 455. The van der Waals surface area contributed by atoms with E-state index in [1.807, 2.05) is 24.3 Å². The second-order valence-electron chi connectivity index (χ2n) is 4.41. The maximum atomic E-state index is 11.9. The van der Waals surface area contributed by atoms with Crippen LogP contribution in [0.2, 0.25) is 0 Å². The summed E-state index contributed by atoms with van der Waals surface area (Å²) in [7, 11) is -0.877. The molecule has 2 rings (SSSR count). The Morgan fingerprint density at radius 3 is 3.06 bits per heavy atom.